The molecule has 0 saturated carbocycles. The Bertz CT molecular complexity index is 222. The van der Waals surface area contributed by atoms with E-state index in [2.05, 4.69) is 0 Å². The first-order chi connectivity index (χ1) is 6.88. The van der Waals surface area contributed by atoms with Gasteiger partial charge in [0.15, 0.2) is 0 Å². The SMILES string of the molecule is CC(C)(C)OCC(=O)N1CCC[C@H](O)C1. The van der Waals surface area contributed by atoms with Crippen LogP contribution in [0.2, 0.25) is 0 Å². The van der Waals surface area contributed by atoms with Crippen LogP contribution < -0.4 is 0 Å². The molecule has 1 aliphatic heterocycles. The molecule has 1 atom stereocenters. The second-order valence-corrected chi connectivity index (χ2v) is 5.04. The number of β-amino-alcohol motifs (C(OH)–C–C–N with tert-alkyl or cyclic N) is 1. The van der Waals surface area contributed by atoms with E-state index in [0.29, 0.717) is 6.54 Å². The number of ether oxygens (including phenoxy) is 1. The van der Waals surface area contributed by atoms with Crippen molar-refractivity contribution in [2.75, 3.05) is 19.7 Å². The van der Waals surface area contributed by atoms with Crippen molar-refractivity contribution in [3.63, 3.8) is 0 Å². The third-order valence-corrected chi connectivity index (χ3v) is 2.38. The van der Waals surface area contributed by atoms with E-state index in [9.17, 15) is 9.90 Å². The van der Waals surface area contributed by atoms with Gasteiger partial charge in [0.1, 0.15) is 6.61 Å². The van der Waals surface area contributed by atoms with Crippen molar-refractivity contribution in [1.29, 1.82) is 0 Å². The van der Waals surface area contributed by atoms with E-state index < -0.39 is 0 Å². The summed E-state index contributed by atoms with van der Waals surface area (Å²) in [6, 6.07) is 0. The lowest BCUT2D eigenvalue weighted by atomic mass is 10.1. The first-order valence-electron chi connectivity index (χ1n) is 5.48. The summed E-state index contributed by atoms with van der Waals surface area (Å²) < 4.78 is 5.41. The Labute approximate surface area is 91.2 Å². The fourth-order valence-corrected chi connectivity index (χ4v) is 1.55. The molecule has 4 nitrogen and oxygen atoms in total. The number of nitrogens with zero attached hydrogens (tertiary/aromatic N) is 1. The van der Waals surface area contributed by atoms with E-state index in [1.165, 1.54) is 0 Å². The quantitative estimate of drug-likeness (QED) is 0.740. The van der Waals surface area contributed by atoms with Crippen LogP contribution >= 0.6 is 0 Å². The Morgan fingerprint density at radius 3 is 2.73 bits per heavy atom. The van der Waals surface area contributed by atoms with Gasteiger partial charge in [0.25, 0.3) is 0 Å². The minimum Gasteiger partial charge on any atom is -0.391 e. The molecule has 0 aliphatic carbocycles. The summed E-state index contributed by atoms with van der Waals surface area (Å²) in [5.74, 6) is -0.0244. The maximum Gasteiger partial charge on any atom is 0.248 e. The van der Waals surface area contributed by atoms with Gasteiger partial charge in [0.05, 0.1) is 11.7 Å². The van der Waals surface area contributed by atoms with E-state index in [4.69, 9.17) is 4.74 Å². The lowest BCUT2D eigenvalue weighted by Gasteiger charge is -2.31. The number of piperidine rings is 1. The van der Waals surface area contributed by atoms with Crippen LogP contribution in [0.15, 0.2) is 0 Å². The number of amides is 1. The van der Waals surface area contributed by atoms with Gasteiger partial charge in [-0.1, -0.05) is 0 Å². The van der Waals surface area contributed by atoms with E-state index in [-0.39, 0.29) is 24.2 Å². The van der Waals surface area contributed by atoms with Crippen LogP contribution in [-0.4, -0.2) is 47.3 Å². The number of aliphatic hydroxyl groups is 1. The lowest BCUT2D eigenvalue weighted by molar-refractivity contribution is -0.143. The fraction of sp³-hybridized carbons (Fsp3) is 0.909. The molecule has 15 heavy (non-hydrogen) atoms. The maximum atomic E-state index is 11.7. The Hall–Kier alpha value is -0.610. The third kappa shape index (κ3) is 4.62. The molecule has 1 saturated heterocycles. The number of hydrogen-bond donors (Lipinski definition) is 1. The minimum atomic E-state index is -0.364. The molecular weight excluding hydrogens is 194 g/mol. The van der Waals surface area contributed by atoms with Gasteiger partial charge in [0.2, 0.25) is 5.91 Å². The van der Waals surface area contributed by atoms with E-state index in [1.807, 2.05) is 20.8 Å². The predicted octanol–water partition coefficient (Wildman–Crippen LogP) is 0.785. The van der Waals surface area contributed by atoms with Gasteiger partial charge in [-0.05, 0) is 33.6 Å². The first kappa shape index (κ1) is 12.5. The average Bonchev–Trinajstić information content (AvgIpc) is 2.13. The first-order valence-corrected chi connectivity index (χ1v) is 5.48. The monoisotopic (exact) mass is 215 g/mol. The number of rotatable bonds is 2. The molecule has 0 spiro atoms. The second kappa shape index (κ2) is 4.94. The van der Waals surface area contributed by atoms with Gasteiger partial charge >= 0.3 is 0 Å². The Kier molecular flexibility index (Phi) is 4.11. The third-order valence-electron chi connectivity index (χ3n) is 2.38. The molecular formula is C11H21NO3. The number of hydrogen-bond acceptors (Lipinski definition) is 3. The van der Waals surface area contributed by atoms with Crippen LogP contribution in [0.25, 0.3) is 0 Å². The zero-order chi connectivity index (χ0) is 11.5. The van der Waals surface area contributed by atoms with E-state index in [1.54, 1.807) is 4.90 Å². The molecule has 1 N–H and O–H groups in total. The Balaban J connectivity index is 2.33. The molecule has 4 heteroatoms. The summed E-state index contributed by atoms with van der Waals surface area (Å²) in [5.41, 5.74) is -0.288. The molecule has 0 aromatic heterocycles. The van der Waals surface area contributed by atoms with Crippen LogP contribution in [0, 0.1) is 0 Å². The summed E-state index contributed by atoms with van der Waals surface area (Å²) in [6.07, 6.45) is 1.31. The normalized spacial score (nSPS) is 22.9. The number of likely N-dealkylation sites (tertiary alicyclic amines) is 1. The van der Waals surface area contributed by atoms with Crippen LogP contribution in [0.4, 0.5) is 0 Å². The van der Waals surface area contributed by atoms with Crippen LogP contribution in [0.1, 0.15) is 33.6 Å². The highest BCUT2D eigenvalue weighted by atomic mass is 16.5. The van der Waals surface area contributed by atoms with Crippen LogP contribution in [0.3, 0.4) is 0 Å². The van der Waals surface area contributed by atoms with Crippen molar-refractivity contribution in [3.05, 3.63) is 0 Å². The summed E-state index contributed by atoms with van der Waals surface area (Å²) in [5, 5.41) is 9.42. The van der Waals surface area contributed by atoms with Gasteiger partial charge < -0.3 is 14.7 Å². The molecule has 1 aliphatic rings. The molecule has 1 amide bonds. The molecule has 0 bridgehead atoms. The fourth-order valence-electron chi connectivity index (χ4n) is 1.55. The zero-order valence-corrected chi connectivity index (χ0v) is 9.82. The van der Waals surface area contributed by atoms with Crippen molar-refractivity contribution in [3.8, 4) is 0 Å². The average molecular weight is 215 g/mol. The molecule has 1 fully saturated rings. The number of carbonyl (C=O) groups is 1. The van der Waals surface area contributed by atoms with Gasteiger partial charge in [-0.25, -0.2) is 0 Å². The van der Waals surface area contributed by atoms with Crippen molar-refractivity contribution in [2.24, 2.45) is 0 Å². The summed E-state index contributed by atoms with van der Waals surface area (Å²) >= 11 is 0. The largest absolute Gasteiger partial charge is 0.391 e. The van der Waals surface area contributed by atoms with E-state index >= 15 is 0 Å². The molecule has 88 valence electrons. The lowest BCUT2D eigenvalue weighted by Crippen LogP contribution is -2.44. The molecule has 1 heterocycles. The molecule has 0 aromatic carbocycles. The summed E-state index contributed by atoms with van der Waals surface area (Å²) in [6.45, 7) is 7.06. The highest BCUT2D eigenvalue weighted by Crippen LogP contribution is 2.11. The smallest absolute Gasteiger partial charge is 0.248 e. The van der Waals surface area contributed by atoms with Gasteiger partial charge in [0, 0.05) is 13.1 Å². The topological polar surface area (TPSA) is 49.8 Å². The van der Waals surface area contributed by atoms with Gasteiger partial charge in [-0.2, -0.15) is 0 Å². The van der Waals surface area contributed by atoms with Crippen LogP contribution in [0.5, 0.6) is 0 Å². The summed E-state index contributed by atoms with van der Waals surface area (Å²) in [7, 11) is 0. The number of carbonyl (C=O) groups excluding carboxylic acids is 1. The maximum absolute atomic E-state index is 11.7. The van der Waals surface area contributed by atoms with Crippen molar-refractivity contribution in [1.82, 2.24) is 4.90 Å². The molecule has 1 rings (SSSR count). The number of aliphatic hydroxyl groups excluding tert-OH is 1. The van der Waals surface area contributed by atoms with E-state index in [0.717, 1.165) is 19.4 Å². The Morgan fingerprint density at radius 1 is 1.53 bits per heavy atom. The Morgan fingerprint density at radius 2 is 2.20 bits per heavy atom. The van der Waals surface area contributed by atoms with Crippen molar-refractivity contribution >= 4 is 5.91 Å². The molecule has 0 unspecified atom stereocenters. The van der Waals surface area contributed by atoms with Crippen LogP contribution in [-0.2, 0) is 9.53 Å². The van der Waals surface area contributed by atoms with Gasteiger partial charge in [-0.3, -0.25) is 4.79 Å². The highest BCUT2D eigenvalue weighted by molar-refractivity contribution is 5.77. The second-order valence-electron chi connectivity index (χ2n) is 5.04. The molecule has 0 aromatic rings. The highest BCUT2D eigenvalue weighted by Gasteiger charge is 2.23. The van der Waals surface area contributed by atoms with Crippen molar-refractivity contribution in [2.45, 2.75) is 45.3 Å². The van der Waals surface area contributed by atoms with Gasteiger partial charge in [-0.15, -0.1) is 0 Å². The predicted molar refractivity (Wildman–Crippen MR) is 57.5 cm³/mol. The standard InChI is InChI=1S/C11H21NO3/c1-11(2,3)15-8-10(14)12-6-4-5-9(13)7-12/h9,13H,4-8H2,1-3H3/t9-/m0/s1. The summed E-state index contributed by atoms with van der Waals surface area (Å²) in [4.78, 5) is 13.4. The zero-order valence-electron chi connectivity index (χ0n) is 9.82. The minimum absolute atomic E-state index is 0.0244. The molecule has 0 radical (unpaired) electrons. The van der Waals surface area contributed by atoms with Crippen molar-refractivity contribution < 1.29 is 14.6 Å².